The van der Waals surface area contributed by atoms with Crippen molar-refractivity contribution in [1.29, 1.82) is 0 Å². The van der Waals surface area contributed by atoms with Crippen LogP contribution in [0.2, 0.25) is 5.02 Å². The highest BCUT2D eigenvalue weighted by atomic mass is 35.5. The van der Waals surface area contributed by atoms with Crippen molar-refractivity contribution >= 4 is 50.7 Å². The highest BCUT2D eigenvalue weighted by Crippen LogP contribution is 2.58. The number of hydrogen-bond donors (Lipinski definition) is 2. The number of nitrogens with one attached hydrogen (secondary N) is 2. The Kier molecular flexibility index (Phi) is 7.84. The minimum absolute atomic E-state index is 0.111. The number of benzene rings is 2. The SMILES string of the molecule is C#Cc1ccc(OC2CCN(S(C)(=O)=O)CC2)c([C@@H]2NC(=O)C[C@@H](C3C=CC=C(Cl)C3)[C@]23C(=O)Nc2cc(Cl)ccc23)c1. The molecule has 43 heavy (non-hydrogen) atoms. The Labute approximate surface area is 261 Å². The number of ether oxygens (including phenoxy) is 1. The van der Waals surface area contributed by atoms with Crippen molar-refractivity contribution in [1.82, 2.24) is 9.62 Å². The lowest BCUT2D eigenvalue weighted by Crippen LogP contribution is -2.59. The second kappa shape index (κ2) is 11.3. The first-order valence-electron chi connectivity index (χ1n) is 14.2. The third-order valence-corrected chi connectivity index (χ3v) is 10.9. The maximum atomic E-state index is 14.4. The lowest BCUT2D eigenvalue weighted by atomic mass is 9.57. The number of anilines is 1. The number of hydrogen-bond acceptors (Lipinski definition) is 5. The van der Waals surface area contributed by atoms with Gasteiger partial charge in [0.1, 0.15) is 17.3 Å². The number of carbonyl (C=O) groups is 2. The van der Waals surface area contributed by atoms with Gasteiger partial charge in [-0.2, -0.15) is 0 Å². The van der Waals surface area contributed by atoms with Crippen LogP contribution in [0.3, 0.4) is 0 Å². The summed E-state index contributed by atoms with van der Waals surface area (Å²) in [6.07, 6.45) is 14.1. The molecule has 2 amide bonds. The summed E-state index contributed by atoms with van der Waals surface area (Å²) in [7, 11) is -3.30. The van der Waals surface area contributed by atoms with Gasteiger partial charge in [0.05, 0.1) is 12.3 Å². The van der Waals surface area contributed by atoms with Gasteiger partial charge in [0, 0.05) is 46.4 Å². The Morgan fingerprint density at radius 3 is 2.56 bits per heavy atom. The number of halogens is 2. The van der Waals surface area contributed by atoms with Gasteiger partial charge in [-0.25, -0.2) is 12.7 Å². The average molecular weight is 641 g/mol. The van der Waals surface area contributed by atoms with Gasteiger partial charge in [-0.3, -0.25) is 9.59 Å². The van der Waals surface area contributed by atoms with Gasteiger partial charge in [0.25, 0.3) is 0 Å². The van der Waals surface area contributed by atoms with Crippen LogP contribution in [0.1, 0.15) is 48.4 Å². The van der Waals surface area contributed by atoms with Gasteiger partial charge in [-0.15, -0.1) is 6.42 Å². The maximum absolute atomic E-state index is 14.4. The number of fused-ring (bicyclic) bond motifs is 2. The number of amides is 2. The second-order valence-corrected chi connectivity index (χ2v) is 14.5. The molecule has 4 atom stereocenters. The van der Waals surface area contributed by atoms with Crippen LogP contribution < -0.4 is 15.4 Å². The molecule has 6 rings (SSSR count). The lowest BCUT2D eigenvalue weighted by Gasteiger charge is -2.49. The minimum atomic E-state index is -3.30. The Bertz CT molecular complexity index is 1710. The van der Waals surface area contributed by atoms with Crippen LogP contribution in [0, 0.1) is 24.2 Å². The molecule has 1 aliphatic carbocycles. The van der Waals surface area contributed by atoms with Crippen LogP contribution >= 0.6 is 23.2 Å². The Balaban J connectivity index is 1.48. The maximum Gasteiger partial charge on any atom is 0.237 e. The van der Waals surface area contributed by atoms with Gasteiger partial charge >= 0.3 is 0 Å². The molecule has 3 aliphatic heterocycles. The third kappa shape index (κ3) is 5.35. The van der Waals surface area contributed by atoms with E-state index in [0.29, 0.717) is 65.0 Å². The number of allylic oxidation sites excluding steroid dienone is 4. The van der Waals surface area contributed by atoms with Crippen LogP contribution in [0.15, 0.2) is 59.7 Å². The molecular formula is C32H31Cl2N3O5S. The molecule has 2 fully saturated rings. The van der Waals surface area contributed by atoms with Crippen molar-refractivity contribution in [3.8, 4) is 18.1 Å². The number of nitrogens with zero attached hydrogens (tertiary/aromatic N) is 1. The zero-order valence-electron chi connectivity index (χ0n) is 23.5. The Hall–Kier alpha value is -3.29. The Morgan fingerprint density at radius 1 is 1.09 bits per heavy atom. The molecule has 0 aromatic heterocycles. The van der Waals surface area contributed by atoms with Crippen LogP contribution in [0.4, 0.5) is 5.69 Å². The van der Waals surface area contributed by atoms with E-state index in [1.54, 1.807) is 30.3 Å². The molecule has 1 spiro atoms. The van der Waals surface area contributed by atoms with E-state index in [4.69, 9.17) is 34.4 Å². The monoisotopic (exact) mass is 639 g/mol. The molecule has 4 aliphatic rings. The van der Waals surface area contributed by atoms with Crippen LogP contribution in [0.25, 0.3) is 0 Å². The van der Waals surface area contributed by atoms with Gasteiger partial charge < -0.3 is 15.4 Å². The van der Waals surface area contributed by atoms with E-state index in [1.807, 2.05) is 24.3 Å². The summed E-state index contributed by atoms with van der Waals surface area (Å²) in [5, 5.41) is 7.33. The molecule has 1 unspecified atom stereocenters. The summed E-state index contributed by atoms with van der Waals surface area (Å²) in [6.45, 7) is 0.679. The molecule has 2 aromatic carbocycles. The molecule has 8 nitrogen and oxygen atoms in total. The van der Waals surface area contributed by atoms with E-state index in [0.717, 1.165) is 5.56 Å². The van der Waals surface area contributed by atoms with Crippen molar-refractivity contribution in [2.75, 3.05) is 24.7 Å². The van der Waals surface area contributed by atoms with Gasteiger partial charge in [-0.05, 0) is 73.1 Å². The van der Waals surface area contributed by atoms with Crippen molar-refractivity contribution in [2.24, 2.45) is 11.8 Å². The topological polar surface area (TPSA) is 105 Å². The molecule has 2 saturated heterocycles. The van der Waals surface area contributed by atoms with E-state index in [-0.39, 0.29) is 30.3 Å². The molecule has 2 N–H and O–H groups in total. The van der Waals surface area contributed by atoms with Gasteiger partial charge in [0.15, 0.2) is 0 Å². The number of carbonyl (C=O) groups excluding carboxylic acids is 2. The molecular weight excluding hydrogens is 609 g/mol. The van der Waals surface area contributed by atoms with Crippen molar-refractivity contribution in [3.63, 3.8) is 0 Å². The van der Waals surface area contributed by atoms with E-state index < -0.39 is 27.4 Å². The molecule has 0 radical (unpaired) electrons. The highest BCUT2D eigenvalue weighted by Gasteiger charge is 2.62. The minimum Gasteiger partial charge on any atom is -0.490 e. The van der Waals surface area contributed by atoms with Crippen LogP contribution in [0.5, 0.6) is 5.75 Å². The summed E-state index contributed by atoms with van der Waals surface area (Å²) >= 11 is 12.8. The third-order valence-electron chi connectivity index (χ3n) is 9.04. The second-order valence-electron chi connectivity index (χ2n) is 11.6. The zero-order valence-corrected chi connectivity index (χ0v) is 25.8. The van der Waals surface area contributed by atoms with E-state index in [1.165, 1.54) is 10.6 Å². The largest absolute Gasteiger partial charge is 0.490 e. The number of sulfonamides is 1. The fourth-order valence-electron chi connectivity index (χ4n) is 7.08. The first kappa shape index (κ1) is 29.8. The van der Waals surface area contributed by atoms with Crippen molar-refractivity contribution < 1.29 is 22.7 Å². The van der Waals surface area contributed by atoms with E-state index in [9.17, 15) is 18.0 Å². The number of piperidine rings is 2. The first-order valence-corrected chi connectivity index (χ1v) is 16.8. The van der Waals surface area contributed by atoms with Gasteiger partial charge in [0.2, 0.25) is 21.8 Å². The van der Waals surface area contributed by atoms with E-state index in [2.05, 4.69) is 16.6 Å². The number of terminal acetylenes is 1. The number of rotatable bonds is 5. The molecule has 0 bridgehead atoms. The lowest BCUT2D eigenvalue weighted by molar-refractivity contribution is -0.135. The van der Waals surface area contributed by atoms with Crippen LogP contribution in [-0.4, -0.2) is 50.0 Å². The molecule has 3 heterocycles. The van der Waals surface area contributed by atoms with Crippen molar-refractivity contribution in [3.05, 3.63) is 81.4 Å². The zero-order chi connectivity index (χ0) is 30.5. The smallest absolute Gasteiger partial charge is 0.237 e. The predicted molar refractivity (Wildman–Crippen MR) is 166 cm³/mol. The fraction of sp³-hybridized carbons (Fsp3) is 0.375. The summed E-state index contributed by atoms with van der Waals surface area (Å²) in [6, 6.07) is 9.82. The average Bonchev–Trinajstić information content (AvgIpc) is 3.25. The summed E-state index contributed by atoms with van der Waals surface area (Å²) < 4.78 is 32.1. The van der Waals surface area contributed by atoms with E-state index >= 15 is 0 Å². The van der Waals surface area contributed by atoms with Crippen LogP contribution in [-0.2, 0) is 25.0 Å². The summed E-state index contributed by atoms with van der Waals surface area (Å²) in [5.41, 5.74) is 1.24. The summed E-state index contributed by atoms with van der Waals surface area (Å²) in [5.74, 6) is 2.05. The highest BCUT2D eigenvalue weighted by molar-refractivity contribution is 7.88. The van der Waals surface area contributed by atoms with Gasteiger partial charge in [-0.1, -0.05) is 47.3 Å². The summed E-state index contributed by atoms with van der Waals surface area (Å²) in [4.78, 5) is 27.9. The first-order chi connectivity index (χ1) is 20.5. The predicted octanol–water partition coefficient (Wildman–Crippen LogP) is 4.89. The molecule has 2 aromatic rings. The molecule has 0 saturated carbocycles. The fourth-order valence-corrected chi connectivity index (χ4v) is 8.37. The van der Waals surface area contributed by atoms with Crippen molar-refractivity contribution in [2.45, 2.75) is 43.2 Å². The molecule has 224 valence electrons. The normalized spacial score (nSPS) is 27.7. The molecule has 11 heteroatoms. The quantitative estimate of drug-likeness (QED) is 0.453. The standard InChI is InChI=1S/C32H31Cl2N3O5S/c1-3-19-7-10-28(42-23-11-13-37(14-12-23)43(2,40)41)24(15-19)30-32(25-9-8-22(34)17-27(25)35-31(32)39)26(18-29(38)36-30)20-5-4-6-21(33)16-20/h1,4-10,15,17,20,23,26,30H,11-14,16,18H2,2H3,(H,35,39)(H,36,38)/t20?,26-,30-,32-/m0/s1. The Morgan fingerprint density at radius 2 is 1.86 bits per heavy atom.